The van der Waals surface area contributed by atoms with Gasteiger partial charge in [0.05, 0.1) is 17.6 Å². The van der Waals surface area contributed by atoms with Crippen LogP contribution in [0.2, 0.25) is 0 Å². The number of hydrogen-bond acceptors (Lipinski definition) is 6. The molecule has 2 N–H and O–H groups in total. The summed E-state index contributed by atoms with van der Waals surface area (Å²) in [5.41, 5.74) is 2.63. The minimum atomic E-state index is -0.886. The van der Waals surface area contributed by atoms with Gasteiger partial charge in [-0.1, -0.05) is 6.07 Å². The van der Waals surface area contributed by atoms with Crippen molar-refractivity contribution >= 4 is 17.3 Å². The molecular formula is C20H20N3O5-. The molecule has 2 bridgehead atoms. The van der Waals surface area contributed by atoms with Crippen LogP contribution >= 0.6 is 0 Å². The summed E-state index contributed by atoms with van der Waals surface area (Å²) in [4.78, 5) is 26.7. The SMILES string of the molecule is O=C(O)C1Cc2cc(N([O-])O)ccc2N2CC3CC(c4cccc(=O)n4C3)C12. The van der Waals surface area contributed by atoms with E-state index in [9.17, 15) is 25.1 Å². The second-order valence-corrected chi connectivity index (χ2v) is 7.99. The number of carboxylic acids is 1. The fourth-order valence-corrected chi connectivity index (χ4v) is 5.41. The van der Waals surface area contributed by atoms with E-state index in [0.29, 0.717) is 13.1 Å². The van der Waals surface area contributed by atoms with Gasteiger partial charge >= 0.3 is 5.97 Å². The summed E-state index contributed by atoms with van der Waals surface area (Å²) < 4.78 is 1.80. The second kappa shape index (κ2) is 6.08. The van der Waals surface area contributed by atoms with Gasteiger partial charge in [0.25, 0.3) is 5.56 Å². The smallest absolute Gasteiger partial charge is 0.308 e. The first kappa shape index (κ1) is 17.3. The molecule has 5 rings (SSSR count). The number of carboxylic acid groups (broad SMARTS) is 1. The van der Waals surface area contributed by atoms with Gasteiger partial charge in [-0.15, -0.1) is 0 Å². The van der Waals surface area contributed by atoms with Crippen molar-refractivity contribution in [3.05, 3.63) is 63.2 Å². The molecule has 1 fully saturated rings. The molecule has 1 aromatic heterocycles. The van der Waals surface area contributed by atoms with Gasteiger partial charge in [0, 0.05) is 36.5 Å². The van der Waals surface area contributed by atoms with Crippen LogP contribution in [-0.4, -0.2) is 33.4 Å². The van der Waals surface area contributed by atoms with Gasteiger partial charge < -0.3 is 25.0 Å². The highest BCUT2D eigenvalue weighted by atomic mass is 16.8. The molecule has 1 saturated heterocycles. The zero-order chi connectivity index (χ0) is 19.6. The van der Waals surface area contributed by atoms with Crippen molar-refractivity contribution in [1.82, 2.24) is 4.57 Å². The number of anilines is 2. The minimum absolute atomic E-state index is 0.0353. The molecule has 0 saturated carbocycles. The van der Waals surface area contributed by atoms with Gasteiger partial charge in [-0.25, -0.2) is 0 Å². The normalized spacial score (nSPS) is 27.4. The van der Waals surface area contributed by atoms with Crippen molar-refractivity contribution in [3.8, 4) is 0 Å². The molecule has 28 heavy (non-hydrogen) atoms. The van der Waals surface area contributed by atoms with Crippen LogP contribution in [0.15, 0.2) is 41.2 Å². The van der Waals surface area contributed by atoms with Crippen LogP contribution in [0.3, 0.4) is 0 Å². The van der Waals surface area contributed by atoms with E-state index in [4.69, 9.17) is 0 Å². The van der Waals surface area contributed by atoms with Gasteiger partial charge in [0.15, 0.2) is 0 Å². The van der Waals surface area contributed by atoms with Crippen LogP contribution in [0.1, 0.15) is 23.6 Å². The van der Waals surface area contributed by atoms with Gasteiger partial charge in [-0.3, -0.25) is 14.8 Å². The summed E-state index contributed by atoms with van der Waals surface area (Å²) in [6.45, 7) is 1.29. The number of nitrogens with zero attached hydrogens (tertiary/aromatic N) is 3. The fraction of sp³-hybridized carbons (Fsp3) is 0.400. The van der Waals surface area contributed by atoms with E-state index in [-0.39, 0.29) is 40.8 Å². The second-order valence-electron chi connectivity index (χ2n) is 7.99. The predicted molar refractivity (Wildman–Crippen MR) is 102 cm³/mol. The van der Waals surface area contributed by atoms with E-state index in [2.05, 4.69) is 4.90 Å². The molecule has 2 aromatic rings. The Bertz CT molecular complexity index is 1020. The number of benzene rings is 1. The molecule has 4 atom stereocenters. The molecule has 146 valence electrons. The lowest BCUT2D eigenvalue weighted by Gasteiger charge is -2.54. The maximum atomic E-state index is 12.3. The van der Waals surface area contributed by atoms with E-state index in [1.54, 1.807) is 34.9 Å². The van der Waals surface area contributed by atoms with Gasteiger partial charge in [-0.2, -0.15) is 0 Å². The lowest BCUT2D eigenvalue weighted by molar-refractivity contribution is -0.143. The monoisotopic (exact) mass is 382 g/mol. The third-order valence-electron chi connectivity index (χ3n) is 6.48. The summed E-state index contributed by atoms with van der Waals surface area (Å²) in [6, 6.07) is 9.89. The lowest BCUT2D eigenvalue weighted by atomic mass is 9.69. The molecule has 0 amide bonds. The van der Waals surface area contributed by atoms with Crippen LogP contribution in [0.4, 0.5) is 11.4 Å². The molecule has 8 nitrogen and oxygen atoms in total. The number of fused-ring (bicyclic) bond motifs is 8. The number of rotatable bonds is 2. The summed E-state index contributed by atoms with van der Waals surface area (Å²) in [5.74, 6) is -1.33. The molecule has 3 aliphatic rings. The molecule has 8 heteroatoms. The Morgan fingerprint density at radius 2 is 2.04 bits per heavy atom. The van der Waals surface area contributed by atoms with Gasteiger partial charge in [0.2, 0.25) is 0 Å². The van der Waals surface area contributed by atoms with Crippen molar-refractivity contribution in [2.45, 2.75) is 31.3 Å². The zero-order valence-electron chi connectivity index (χ0n) is 15.1. The Labute approximate surface area is 160 Å². The molecule has 1 aromatic carbocycles. The highest BCUT2D eigenvalue weighted by Crippen LogP contribution is 2.48. The highest BCUT2D eigenvalue weighted by Gasteiger charge is 2.49. The van der Waals surface area contributed by atoms with Gasteiger partial charge in [-0.05, 0) is 48.6 Å². The van der Waals surface area contributed by atoms with E-state index in [1.807, 2.05) is 6.07 Å². The topological polar surface area (TPSA) is 109 Å². The molecule has 4 heterocycles. The number of pyridine rings is 1. The van der Waals surface area contributed by atoms with Crippen molar-refractivity contribution in [1.29, 1.82) is 0 Å². The number of aromatic nitrogens is 1. The molecule has 0 aliphatic carbocycles. The summed E-state index contributed by atoms with van der Waals surface area (Å²) >= 11 is 0. The maximum Gasteiger partial charge on any atom is 0.308 e. The van der Waals surface area contributed by atoms with E-state index < -0.39 is 11.9 Å². The summed E-state index contributed by atoms with van der Waals surface area (Å²) in [5, 5.41) is 30.2. The van der Waals surface area contributed by atoms with Crippen LogP contribution in [0.5, 0.6) is 0 Å². The van der Waals surface area contributed by atoms with Crippen LogP contribution in [0, 0.1) is 17.0 Å². The number of aliphatic carboxylic acids is 1. The molecular weight excluding hydrogens is 362 g/mol. The first-order valence-electron chi connectivity index (χ1n) is 9.42. The van der Waals surface area contributed by atoms with Crippen molar-refractivity contribution in [3.63, 3.8) is 0 Å². The quantitative estimate of drug-likeness (QED) is 0.762. The molecule has 0 spiro atoms. The molecule has 3 aliphatic heterocycles. The van der Waals surface area contributed by atoms with Crippen molar-refractivity contribution in [2.75, 3.05) is 16.7 Å². The van der Waals surface area contributed by atoms with Crippen molar-refractivity contribution < 1.29 is 15.1 Å². The van der Waals surface area contributed by atoms with E-state index >= 15 is 0 Å². The third-order valence-corrected chi connectivity index (χ3v) is 6.48. The number of hydrogen-bond donors (Lipinski definition) is 2. The van der Waals surface area contributed by atoms with Gasteiger partial charge in [0.1, 0.15) is 0 Å². The van der Waals surface area contributed by atoms with Crippen LogP contribution in [0.25, 0.3) is 0 Å². The average molecular weight is 382 g/mol. The fourth-order valence-electron chi connectivity index (χ4n) is 5.41. The highest BCUT2D eigenvalue weighted by molar-refractivity contribution is 5.76. The average Bonchev–Trinajstić information content (AvgIpc) is 2.67. The van der Waals surface area contributed by atoms with Crippen LogP contribution in [-0.2, 0) is 17.8 Å². The Hall–Kier alpha value is -2.84. The standard InChI is InChI=1S/C20H20N3O5/c24-18-3-1-2-17-14-6-11(9-21(17)18)10-22-16-5-4-13(23(27)28)7-12(16)8-15(19(14)22)20(25)26/h1-5,7,11,14-15,19,27H,6,8-10H2,(H,25,26)/q-1. The zero-order valence-corrected chi connectivity index (χ0v) is 15.1. The first-order valence-corrected chi connectivity index (χ1v) is 9.42. The van der Waals surface area contributed by atoms with E-state index in [0.717, 1.165) is 23.4 Å². The Morgan fingerprint density at radius 1 is 1.21 bits per heavy atom. The van der Waals surface area contributed by atoms with Crippen LogP contribution < -0.4 is 15.7 Å². The Balaban J connectivity index is 1.65. The molecule has 0 radical (unpaired) electrons. The Morgan fingerprint density at radius 3 is 2.79 bits per heavy atom. The summed E-state index contributed by atoms with van der Waals surface area (Å²) in [6.07, 6.45) is 1.15. The number of piperidine rings is 1. The van der Waals surface area contributed by atoms with E-state index in [1.165, 1.54) is 0 Å². The maximum absolute atomic E-state index is 12.3. The lowest BCUT2D eigenvalue weighted by Crippen LogP contribution is -2.59. The molecule has 4 unspecified atom stereocenters. The largest absolute Gasteiger partial charge is 0.733 e. The third kappa shape index (κ3) is 2.45. The first-order chi connectivity index (χ1) is 13.4. The Kier molecular flexibility index (Phi) is 3.75. The summed E-state index contributed by atoms with van der Waals surface area (Å²) in [7, 11) is 0. The number of carbonyl (C=O) groups is 1. The predicted octanol–water partition coefficient (Wildman–Crippen LogP) is 1.79. The van der Waals surface area contributed by atoms with Crippen molar-refractivity contribution in [2.24, 2.45) is 11.8 Å². The minimum Gasteiger partial charge on any atom is -0.733 e.